The van der Waals surface area contributed by atoms with E-state index in [1.165, 1.54) is 4.90 Å². The van der Waals surface area contributed by atoms with Crippen molar-refractivity contribution < 1.29 is 14.7 Å². The van der Waals surface area contributed by atoms with Crippen LogP contribution in [0.25, 0.3) is 0 Å². The Bertz CT molecular complexity index is 456. The van der Waals surface area contributed by atoms with Gasteiger partial charge in [-0.1, -0.05) is 18.2 Å². The van der Waals surface area contributed by atoms with Crippen LogP contribution in [0, 0.1) is 11.3 Å². The van der Waals surface area contributed by atoms with Crippen molar-refractivity contribution in [1.29, 1.82) is 5.41 Å². The van der Waals surface area contributed by atoms with E-state index in [2.05, 4.69) is 0 Å². The third-order valence-corrected chi connectivity index (χ3v) is 2.56. The number of anilines is 1. The number of benzene rings is 1. The van der Waals surface area contributed by atoms with Crippen LogP contribution >= 0.6 is 0 Å². The minimum Gasteiger partial charge on any atom is -0.481 e. The predicted molar refractivity (Wildman–Crippen MR) is 57.6 cm³/mol. The minimum absolute atomic E-state index is 0.0387. The quantitative estimate of drug-likeness (QED) is 0.768. The molecule has 82 valence electrons. The van der Waals surface area contributed by atoms with Crippen LogP contribution in [0.1, 0.15) is 0 Å². The Hall–Kier alpha value is -2.17. The average Bonchev–Trinajstić information content (AvgIpc) is 2.58. The fraction of sp³-hybridized carbons (Fsp3) is 0.182. The molecule has 1 aromatic rings. The standard InChI is InChI=1S/C11H10N2O3/c12-9-8(11(15)16)6-13(10(9)14)7-4-2-1-3-5-7/h1-5,8,12H,6H2,(H,15,16). The highest BCUT2D eigenvalue weighted by molar-refractivity contribution is 6.48. The van der Waals surface area contributed by atoms with Gasteiger partial charge in [0.05, 0.1) is 0 Å². The molecule has 1 unspecified atom stereocenters. The molecular weight excluding hydrogens is 208 g/mol. The molecule has 5 heteroatoms. The number of aliphatic carboxylic acids is 1. The lowest BCUT2D eigenvalue weighted by Gasteiger charge is -2.14. The van der Waals surface area contributed by atoms with Crippen molar-refractivity contribution in [3.8, 4) is 0 Å². The molecule has 1 atom stereocenters. The first-order chi connectivity index (χ1) is 7.61. The van der Waals surface area contributed by atoms with Crippen LogP contribution in [0.2, 0.25) is 0 Å². The van der Waals surface area contributed by atoms with E-state index in [0.29, 0.717) is 5.69 Å². The molecule has 1 aliphatic rings. The lowest BCUT2D eigenvalue weighted by molar-refractivity contribution is -0.138. The van der Waals surface area contributed by atoms with E-state index < -0.39 is 17.8 Å². The molecule has 0 spiro atoms. The summed E-state index contributed by atoms with van der Waals surface area (Å²) in [6.07, 6.45) is 0. The summed E-state index contributed by atoms with van der Waals surface area (Å²) in [5.41, 5.74) is 0.275. The van der Waals surface area contributed by atoms with E-state index in [1.54, 1.807) is 24.3 Å². The lowest BCUT2D eigenvalue weighted by atomic mass is 10.1. The Morgan fingerprint density at radius 1 is 1.38 bits per heavy atom. The van der Waals surface area contributed by atoms with Crippen LogP contribution < -0.4 is 4.90 Å². The number of carbonyl (C=O) groups excluding carboxylic acids is 1. The van der Waals surface area contributed by atoms with Gasteiger partial charge in [-0.3, -0.25) is 15.0 Å². The molecular formula is C11H10N2O3. The van der Waals surface area contributed by atoms with Crippen molar-refractivity contribution in [1.82, 2.24) is 0 Å². The third-order valence-electron chi connectivity index (χ3n) is 2.56. The molecule has 1 aliphatic heterocycles. The van der Waals surface area contributed by atoms with Crippen molar-refractivity contribution in [3.63, 3.8) is 0 Å². The number of carbonyl (C=O) groups is 2. The summed E-state index contributed by atoms with van der Waals surface area (Å²) in [6.45, 7) is 0.0387. The minimum atomic E-state index is -1.13. The second-order valence-corrected chi connectivity index (χ2v) is 3.56. The lowest BCUT2D eigenvalue weighted by Crippen LogP contribution is -2.26. The summed E-state index contributed by atoms with van der Waals surface area (Å²) in [4.78, 5) is 23.8. The highest BCUT2D eigenvalue weighted by atomic mass is 16.4. The molecule has 1 heterocycles. The van der Waals surface area contributed by atoms with Gasteiger partial charge >= 0.3 is 5.97 Å². The first-order valence-corrected chi connectivity index (χ1v) is 4.79. The second-order valence-electron chi connectivity index (χ2n) is 3.56. The van der Waals surface area contributed by atoms with Crippen LogP contribution in [0.15, 0.2) is 30.3 Å². The van der Waals surface area contributed by atoms with E-state index in [9.17, 15) is 9.59 Å². The molecule has 0 radical (unpaired) electrons. The molecule has 2 rings (SSSR count). The van der Waals surface area contributed by atoms with Gasteiger partial charge in [0, 0.05) is 12.2 Å². The fourth-order valence-electron chi connectivity index (χ4n) is 1.68. The number of para-hydroxylation sites is 1. The topological polar surface area (TPSA) is 81.5 Å². The van der Waals surface area contributed by atoms with Gasteiger partial charge in [-0.2, -0.15) is 0 Å². The van der Waals surface area contributed by atoms with Crippen LogP contribution in [0.5, 0.6) is 0 Å². The van der Waals surface area contributed by atoms with Gasteiger partial charge in [0.25, 0.3) is 5.91 Å². The first kappa shape index (κ1) is 10.4. The number of amides is 1. The maximum absolute atomic E-state index is 11.7. The summed E-state index contributed by atoms with van der Waals surface area (Å²) in [6, 6.07) is 8.77. The Morgan fingerprint density at radius 3 is 2.50 bits per heavy atom. The molecule has 0 bridgehead atoms. The molecule has 2 N–H and O–H groups in total. The number of hydrogen-bond donors (Lipinski definition) is 2. The fourth-order valence-corrected chi connectivity index (χ4v) is 1.68. The summed E-state index contributed by atoms with van der Waals surface area (Å²) in [5, 5.41) is 16.3. The van der Waals surface area contributed by atoms with Gasteiger partial charge in [0.2, 0.25) is 0 Å². The van der Waals surface area contributed by atoms with Gasteiger partial charge in [-0.25, -0.2) is 0 Å². The second kappa shape index (κ2) is 3.77. The van der Waals surface area contributed by atoms with E-state index >= 15 is 0 Å². The highest BCUT2D eigenvalue weighted by Gasteiger charge is 2.40. The molecule has 1 amide bonds. The van der Waals surface area contributed by atoms with Crippen molar-refractivity contribution in [2.24, 2.45) is 5.92 Å². The molecule has 0 aromatic heterocycles. The molecule has 5 nitrogen and oxygen atoms in total. The summed E-state index contributed by atoms with van der Waals surface area (Å²) >= 11 is 0. The number of nitrogens with zero attached hydrogens (tertiary/aromatic N) is 1. The summed E-state index contributed by atoms with van der Waals surface area (Å²) in [7, 11) is 0. The number of carboxylic acids is 1. The van der Waals surface area contributed by atoms with E-state index in [4.69, 9.17) is 10.5 Å². The summed E-state index contributed by atoms with van der Waals surface area (Å²) < 4.78 is 0. The normalized spacial score (nSPS) is 20.2. The maximum atomic E-state index is 11.7. The van der Waals surface area contributed by atoms with Gasteiger partial charge < -0.3 is 10.0 Å². The van der Waals surface area contributed by atoms with Gasteiger partial charge in [0.15, 0.2) is 0 Å². The van der Waals surface area contributed by atoms with Crippen LogP contribution in [-0.4, -0.2) is 29.2 Å². The SMILES string of the molecule is N=C1C(=O)N(c2ccccc2)CC1C(=O)O. The predicted octanol–water partition coefficient (Wildman–Crippen LogP) is 0.754. The number of rotatable bonds is 2. The molecule has 0 aliphatic carbocycles. The van der Waals surface area contributed by atoms with Crippen LogP contribution in [0.3, 0.4) is 0 Å². The zero-order chi connectivity index (χ0) is 11.7. The highest BCUT2D eigenvalue weighted by Crippen LogP contribution is 2.22. The largest absolute Gasteiger partial charge is 0.481 e. The average molecular weight is 218 g/mol. The van der Waals surface area contributed by atoms with Crippen molar-refractivity contribution >= 4 is 23.3 Å². The Labute approximate surface area is 91.8 Å². The van der Waals surface area contributed by atoms with Crippen LogP contribution in [0.4, 0.5) is 5.69 Å². The Balaban J connectivity index is 2.30. The van der Waals surface area contributed by atoms with E-state index in [1.807, 2.05) is 6.07 Å². The van der Waals surface area contributed by atoms with E-state index in [0.717, 1.165) is 0 Å². The Morgan fingerprint density at radius 2 is 2.00 bits per heavy atom. The molecule has 0 saturated carbocycles. The third kappa shape index (κ3) is 1.56. The molecule has 1 aromatic carbocycles. The number of nitrogens with one attached hydrogen (secondary N) is 1. The molecule has 1 saturated heterocycles. The smallest absolute Gasteiger partial charge is 0.314 e. The number of hydrogen-bond acceptors (Lipinski definition) is 3. The first-order valence-electron chi connectivity index (χ1n) is 4.79. The van der Waals surface area contributed by atoms with Crippen LogP contribution in [-0.2, 0) is 9.59 Å². The van der Waals surface area contributed by atoms with E-state index in [-0.39, 0.29) is 12.3 Å². The zero-order valence-electron chi connectivity index (χ0n) is 8.38. The van der Waals surface area contributed by atoms with Gasteiger partial charge in [-0.05, 0) is 12.1 Å². The molecule has 16 heavy (non-hydrogen) atoms. The van der Waals surface area contributed by atoms with Gasteiger partial charge in [-0.15, -0.1) is 0 Å². The van der Waals surface area contributed by atoms with Crippen molar-refractivity contribution in [2.45, 2.75) is 0 Å². The maximum Gasteiger partial charge on any atom is 0.314 e. The zero-order valence-corrected chi connectivity index (χ0v) is 8.38. The summed E-state index contributed by atoms with van der Waals surface area (Å²) in [5.74, 6) is -2.68. The molecule has 1 fully saturated rings. The monoisotopic (exact) mass is 218 g/mol. The van der Waals surface area contributed by atoms with Gasteiger partial charge in [0.1, 0.15) is 11.6 Å². The Kier molecular flexibility index (Phi) is 2.44. The van der Waals surface area contributed by atoms with Crippen molar-refractivity contribution in [3.05, 3.63) is 30.3 Å². The number of carboxylic acid groups (broad SMARTS) is 1. The van der Waals surface area contributed by atoms with Crippen molar-refractivity contribution in [2.75, 3.05) is 11.4 Å².